The van der Waals surface area contributed by atoms with Crippen molar-refractivity contribution >= 4 is 46.2 Å². The average molecular weight is 391 g/mol. The summed E-state index contributed by atoms with van der Waals surface area (Å²) < 4.78 is 5.87. The molecule has 3 rings (SSSR count). The molecule has 138 valence electrons. The Morgan fingerprint density at radius 1 is 1.23 bits per heavy atom. The molecule has 0 atom stereocenters. The number of hydrogen-bond acceptors (Lipinski definition) is 5. The first-order valence-electron chi connectivity index (χ1n) is 8.84. The maximum atomic E-state index is 12.7. The van der Waals surface area contributed by atoms with E-state index in [-0.39, 0.29) is 18.4 Å². The monoisotopic (exact) mass is 390 g/mol. The van der Waals surface area contributed by atoms with Crippen LogP contribution in [0.2, 0.25) is 0 Å². The molecule has 0 aliphatic carbocycles. The van der Waals surface area contributed by atoms with E-state index in [2.05, 4.69) is 0 Å². The van der Waals surface area contributed by atoms with E-state index in [9.17, 15) is 9.59 Å². The molecular weight excluding hydrogens is 368 g/mol. The molecule has 2 amide bonds. The number of amides is 2. The number of carbonyl (C=O) groups is 2. The molecule has 7 heteroatoms. The summed E-state index contributed by atoms with van der Waals surface area (Å²) in [5.74, 6) is 0.576. The quantitative estimate of drug-likeness (QED) is 0.570. The highest BCUT2D eigenvalue weighted by Crippen LogP contribution is 2.32. The van der Waals surface area contributed by atoms with Gasteiger partial charge < -0.3 is 9.64 Å². The van der Waals surface area contributed by atoms with Crippen LogP contribution in [0.15, 0.2) is 29.2 Å². The Bertz CT molecular complexity index is 725. The average Bonchev–Trinajstić information content (AvgIpc) is 2.91. The predicted octanol–water partition coefficient (Wildman–Crippen LogP) is 3.30. The third-order valence-corrected chi connectivity index (χ3v) is 5.74. The number of ether oxygens (including phenoxy) is 1. The van der Waals surface area contributed by atoms with Crippen molar-refractivity contribution in [1.82, 2.24) is 9.80 Å². The molecule has 2 aliphatic heterocycles. The standard InChI is InChI=1S/C19H22N2O3S2/c1-2-24-15-8-6-14(7-9-15)12-16-18(23)21(19(25)26-16)13-17(22)20-10-4-3-5-11-20/h6-9,12H,2-5,10-11,13H2,1H3/b16-12+. The summed E-state index contributed by atoms with van der Waals surface area (Å²) in [6, 6.07) is 7.54. The van der Waals surface area contributed by atoms with Crippen LogP contribution in [0, 0.1) is 0 Å². The molecule has 1 aromatic carbocycles. The zero-order valence-corrected chi connectivity index (χ0v) is 16.4. The summed E-state index contributed by atoms with van der Waals surface area (Å²) in [4.78, 5) is 28.9. The Morgan fingerprint density at radius 2 is 1.92 bits per heavy atom. The lowest BCUT2D eigenvalue weighted by Gasteiger charge is -2.28. The van der Waals surface area contributed by atoms with Gasteiger partial charge in [-0.1, -0.05) is 36.1 Å². The van der Waals surface area contributed by atoms with E-state index in [1.165, 1.54) is 16.7 Å². The van der Waals surface area contributed by atoms with Crippen LogP contribution in [0.3, 0.4) is 0 Å². The number of hydrogen-bond donors (Lipinski definition) is 0. The number of piperidine rings is 1. The molecule has 0 radical (unpaired) electrons. The first kappa shape index (κ1) is 18.9. The number of nitrogens with zero attached hydrogens (tertiary/aromatic N) is 2. The minimum atomic E-state index is -0.195. The molecular formula is C19H22N2O3S2. The summed E-state index contributed by atoms with van der Waals surface area (Å²) in [5.41, 5.74) is 0.899. The highest BCUT2D eigenvalue weighted by molar-refractivity contribution is 8.26. The van der Waals surface area contributed by atoms with Crippen molar-refractivity contribution in [2.24, 2.45) is 0 Å². The second-order valence-corrected chi connectivity index (χ2v) is 7.89. The molecule has 26 heavy (non-hydrogen) atoms. The van der Waals surface area contributed by atoms with Crippen LogP contribution in [0.1, 0.15) is 31.7 Å². The lowest BCUT2D eigenvalue weighted by Crippen LogP contribution is -2.44. The number of rotatable bonds is 5. The first-order valence-corrected chi connectivity index (χ1v) is 10.1. The molecule has 0 saturated carbocycles. The maximum Gasteiger partial charge on any atom is 0.266 e. The summed E-state index contributed by atoms with van der Waals surface area (Å²) in [6.45, 7) is 4.13. The predicted molar refractivity (Wildman–Crippen MR) is 108 cm³/mol. The molecule has 0 unspecified atom stereocenters. The molecule has 0 aromatic heterocycles. The van der Waals surface area contributed by atoms with Crippen molar-refractivity contribution in [3.05, 3.63) is 34.7 Å². The van der Waals surface area contributed by atoms with Gasteiger partial charge in [-0.15, -0.1) is 0 Å². The van der Waals surface area contributed by atoms with Gasteiger partial charge in [-0.3, -0.25) is 14.5 Å². The first-order chi connectivity index (χ1) is 12.6. The van der Waals surface area contributed by atoms with Gasteiger partial charge in [-0.05, 0) is 50.0 Å². The topological polar surface area (TPSA) is 49.9 Å². The zero-order chi connectivity index (χ0) is 18.5. The highest BCUT2D eigenvalue weighted by Gasteiger charge is 2.34. The number of likely N-dealkylation sites (tertiary alicyclic amines) is 1. The Hall–Kier alpha value is -1.86. The lowest BCUT2D eigenvalue weighted by atomic mass is 10.1. The fourth-order valence-corrected chi connectivity index (χ4v) is 4.25. The third kappa shape index (κ3) is 4.45. The minimum Gasteiger partial charge on any atom is -0.494 e. The molecule has 0 spiro atoms. The van der Waals surface area contributed by atoms with Crippen molar-refractivity contribution < 1.29 is 14.3 Å². The second-order valence-electron chi connectivity index (χ2n) is 6.21. The van der Waals surface area contributed by atoms with Crippen molar-refractivity contribution in [2.45, 2.75) is 26.2 Å². The van der Waals surface area contributed by atoms with E-state index in [0.717, 1.165) is 43.7 Å². The summed E-state index contributed by atoms with van der Waals surface area (Å²) >= 11 is 6.57. The molecule has 2 heterocycles. The van der Waals surface area contributed by atoms with Crippen LogP contribution in [0.25, 0.3) is 6.08 Å². The molecule has 2 aliphatic rings. The van der Waals surface area contributed by atoms with Gasteiger partial charge in [0.2, 0.25) is 5.91 Å². The van der Waals surface area contributed by atoms with Crippen LogP contribution in [-0.4, -0.2) is 52.2 Å². The fourth-order valence-electron chi connectivity index (χ4n) is 2.99. The number of thioether (sulfide) groups is 1. The Morgan fingerprint density at radius 3 is 2.58 bits per heavy atom. The largest absolute Gasteiger partial charge is 0.494 e. The third-order valence-electron chi connectivity index (χ3n) is 4.36. The van der Waals surface area contributed by atoms with Gasteiger partial charge in [-0.2, -0.15) is 0 Å². The molecule has 1 aromatic rings. The molecule has 0 bridgehead atoms. The zero-order valence-electron chi connectivity index (χ0n) is 14.8. The highest BCUT2D eigenvalue weighted by atomic mass is 32.2. The van der Waals surface area contributed by atoms with Gasteiger partial charge in [0.05, 0.1) is 11.5 Å². The number of benzene rings is 1. The van der Waals surface area contributed by atoms with E-state index in [4.69, 9.17) is 17.0 Å². The van der Waals surface area contributed by atoms with Crippen LogP contribution < -0.4 is 4.74 Å². The van der Waals surface area contributed by atoms with E-state index in [1.807, 2.05) is 36.1 Å². The van der Waals surface area contributed by atoms with Gasteiger partial charge >= 0.3 is 0 Å². The van der Waals surface area contributed by atoms with Crippen LogP contribution in [0.5, 0.6) is 5.75 Å². The number of carbonyl (C=O) groups excluding carboxylic acids is 2. The lowest BCUT2D eigenvalue weighted by molar-refractivity contribution is -0.136. The Balaban J connectivity index is 1.66. The van der Waals surface area contributed by atoms with Crippen LogP contribution >= 0.6 is 24.0 Å². The maximum absolute atomic E-state index is 12.7. The Labute approximate surface area is 163 Å². The van der Waals surface area contributed by atoms with Crippen molar-refractivity contribution in [1.29, 1.82) is 0 Å². The van der Waals surface area contributed by atoms with E-state index >= 15 is 0 Å². The van der Waals surface area contributed by atoms with Crippen molar-refractivity contribution in [2.75, 3.05) is 26.2 Å². The van der Waals surface area contributed by atoms with Gasteiger partial charge in [0, 0.05) is 13.1 Å². The molecule has 2 saturated heterocycles. The van der Waals surface area contributed by atoms with Gasteiger partial charge in [0.1, 0.15) is 16.6 Å². The molecule has 2 fully saturated rings. The molecule has 0 N–H and O–H groups in total. The van der Waals surface area contributed by atoms with Gasteiger partial charge in [0.25, 0.3) is 5.91 Å². The summed E-state index contributed by atoms with van der Waals surface area (Å²) in [5, 5.41) is 0. The van der Waals surface area contributed by atoms with Crippen molar-refractivity contribution in [3.63, 3.8) is 0 Å². The Kier molecular flexibility index (Phi) is 6.32. The van der Waals surface area contributed by atoms with Crippen LogP contribution in [0.4, 0.5) is 0 Å². The normalized spacial score (nSPS) is 19.3. The van der Waals surface area contributed by atoms with Gasteiger partial charge in [-0.25, -0.2) is 0 Å². The summed E-state index contributed by atoms with van der Waals surface area (Å²) in [6.07, 6.45) is 5.03. The van der Waals surface area contributed by atoms with Crippen LogP contribution in [-0.2, 0) is 9.59 Å². The minimum absolute atomic E-state index is 0.0247. The summed E-state index contributed by atoms with van der Waals surface area (Å²) in [7, 11) is 0. The fraction of sp³-hybridized carbons (Fsp3) is 0.421. The van der Waals surface area contributed by atoms with E-state index in [1.54, 1.807) is 6.08 Å². The van der Waals surface area contributed by atoms with E-state index in [0.29, 0.717) is 15.8 Å². The number of thiocarbonyl (C=S) groups is 1. The molecule has 5 nitrogen and oxygen atoms in total. The second kappa shape index (κ2) is 8.68. The van der Waals surface area contributed by atoms with E-state index < -0.39 is 0 Å². The van der Waals surface area contributed by atoms with Gasteiger partial charge in [0.15, 0.2) is 0 Å². The SMILES string of the molecule is CCOc1ccc(/C=C2/SC(=S)N(CC(=O)N3CCCCC3)C2=O)cc1. The smallest absolute Gasteiger partial charge is 0.266 e. The van der Waals surface area contributed by atoms with Crippen molar-refractivity contribution in [3.8, 4) is 5.75 Å².